The molecule has 0 spiro atoms. The molecular formula is C20H26N5O3S+. The lowest BCUT2D eigenvalue weighted by atomic mass is 10.1. The highest BCUT2D eigenvalue weighted by Gasteiger charge is 2.27. The van der Waals surface area contributed by atoms with Gasteiger partial charge in [0.25, 0.3) is 5.91 Å². The average Bonchev–Trinajstić information content (AvgIpc) is 2.77. The van der Waals surface area contributed by atoms with Crippen molar-refractivity contribution >= 4 is 27.3 Å². The monoisotopic (exact) mass is 416 g/mol. The van der Waals surface area contributed by atoms with Crippen LogP contribution in [0.15, 0.2) is 64.6 Å². The maximum absolute atomic E-state index is 12.7. The molecule has 2 aromatic rings. The van der Waals surface area contributed by atoms with Crippen LogP contribution in [-0.4, -0.2) is 57.1 Å². The fourth-order valence-corrected chi connectivity index (χ4v) is 4.44. The number of carbonyl (C=O) groups excluding carboxylic acids is 1. The van der Waals surface area contributed by atoms with Gasteiger partial charge in [-0.15, -0.1) is 0 Å². The number of carbonyl (C=O) groups is 1. The van der Waals surface area contributed by atoms with E-state index in [0.29, 0.717) is 18.8 Å². The molecule has 0 unspecified atom stereocenters. The molecular weight excluding hydrogens is 390 g/mol. The van der Waals surface area contributed by atoms with Gasteiger partial charge in [0.2, 0.25) is 10.0 Å². The number of piperazine rings is 1. The number of nitrogens with two attached hydrogens (primary N) is 1. The van der Waals surface area contributed by atoms with Crippen LogP contribution in [0.3, 0.4) is 0 Å². The lowest BCUT2D eigenvalue weighted by Gasteiger charge is -2.24. The molecule has 29 heavy (non-hydrogen) atoms. The van der Waals surface area contributed by atoms with Crippen molar-refractivity contribution in [2.45, 2.75) is 11.8 Å². The molecule has 0 aliphatic carbocycles. The van der Waals surface area contributed by atoms with Crippen molar-refractivity contribution in [3.8, 4) is 0 Å². The van der Waals surface area contributed by atoms with Crippen molar-refractivity contribution in [2.24, 2.45) is 5.10 Å². The number of nitrogens with one attached hydrogen (secondary N) is 2. The predicted molar refractivity (Wildman–Crippen MR) is 112 cm³/mol. The Hall–Kier alpha value is -2.75. The van der Waals surface area contributed by atoms with Crippen molar-refractivity contribution in [3.05, 3.63) is 60.2 Å². The second-order valence-corrected chi connectivity index (χ2v) is 8.68. The molecule has 0 bridgehead atoms. The summed E-state index contributed by atoms with van der Waals surface area (Å²) in [4.78, 5) is 12.2. The van der Waals surface area contributed by atoms with E-state index in [1.165, 1.54) is 4.31 Å². The highest BCUT2D eigenvalue weighted by molar-refractivity contribution is 7.89. The highest BCUT2D eigenvalue weighted by atomic mass is 32.2. The second kappa shape index (κ2) is 9.64. The zero-order valence-electron chi connectivity index (χ0n) is 16.3. The Morgan fingerprint density at radius 2 is 1.72 bits per heavy atom. The van der Waals surface area contributed by atoms with Crippen LogP contribution in [0.2, 0.25) is 0 Å². The fourth-order valence-electron chi connectivity index (χ4n) is 2.97. The third-order valence-corrected chi connectivity index (χ3v) is 6.56. The molecule has 1 aliphatic heterocycles. The Labute approximate surface area is 171 Å². The molecule has 3 rings (SSSR count). The van der Waals surface area contributed by atoms with Crippen LogP contribution >= 0.6 is 0 Å². The summed E-state index contributed by atoms with van der Waals surface area (Å²) in [7, 11) is -3.47. The van der Waals surface area contributed by atoms with Crippen molar-refractivity contribution in [2.75, 3.05) is 38.0 Å². The van der Waals surface area contributed by atoms with Crippen molar-refractivity contribution in [1.29, 1.82) is 0 Å². The SMILES string of the molecule is C/C(=N/NC(=O)CNc1ccccc1)c1ccc(S(=O)(=O)N2CC[NH2+]CC2)cc1. The average molecular weight is 417 g/mol. The van der Waals surface area contributed by atoms with Crippen LogP contribution in [-0.2, 0) is 14.8 Å². The fraction of sp³-hybridized carbons (Fsp3) is 0.300. The molecule has 1 heterocycles. The number of anilines is 1. The zero-order valence-corrected chi connectivity index (χ0v) is 17.2. The third kappa shape index (κ3) is 5.63. The lowest BCUT2D eigenvalue weighted by molar-refractivity contribution is -0.661. The number of quaternary nitrogens is 1. The van der Waals surface area contributed by atoms with Crippen molar-refractivity contribution in [3.63, 3.8) is 0 Å². The standard InChI is InChI=1S/C20H25N5O3S/c1-16(23-24-20(26)15-22-18-5-3-2-4-6-18)17-7-9-19(10-8-17)29(27,28)25-13-11-21-12-14-25/h2-10,21-22H,11-15H2,1H3,(H,24,26)/p+1/b23-16-. The van der Waals surface area contributed by atoms with Gasteiger partial charge in [-0.25, -0.2) is 13.8 Å². The van der Waals surface area contributed by atoms with Crippen molar-refractivity contribution < 1.29 is 18.5 Å². The minimum Gasteiger partial charge on any atom is -0.376 e. The summed E-state index contributed by atoms with van der Waals surface area (Å²) in [6.45, 7) is 4.46. The largest absolute Gasteiger partial charge is 0.376 e. The first-order valence-corrected chi connectivity index (χ1v) is 10.9. The van der Waals surface area contributed by atoms with E-state index < -0.39 is 10.0 Å². The first-order chi connectivity index (χ1) is 14.0. The van der Waals surface area contributed by atoms with Gasteiger partial charge in [0, 0.05) is 5.69 Å². The molecule has 1 aliphatic rings. The van der Waals surface area contributed by atoms with Crippen LogP contribution in [0.1, 0.15) is 12.5 Å². The van der Waals surface area contributed by atoms with Crippen LogP contribution in [0.25, 0.3) is 0 Å². The van der Waals surface area contributed by atoms with E-state index in [1.807, 2.05) is 30.3 Å². The number of hydrazone groups is 1. The minimum atomic E-state index is -3.47. The van der Waals surface area contributed by atoms with Crippen LogP contribution in [0.4, 0.5) is 5.69 Å². The van der Waals surface area contributed by atoms with Gasteiger partial charge in [-0.2, -0.15) is 9.41 Å². The van der Waals surface area contributed by atoms with E-state index in [2.05, 4.69) is 21.2 Å². The van der Waals surface area contributed by atoms with Gasteiger partial charge in [0.1, 0.15) is 0 Å². The molecule has 2 aromatic carbocycles. The molecule has 9 heteroatoms. The van der Waals surface area contributed by atoms with Gasteiger partial charge < -0.3 is 10.6 Å². The normalized spacial score (nSPS) is 15.7. The Balaban J connectivity index is 1.57. The number of benzene rings is 2. The topological polar surface area (TPSA) is 107 Å². The summed E-state index contributed by atoms with van der Waals surface area (Å²) >= 11 is 0. The second-order valence-electron chi connectivity index (χ2n) is 6.75. The Kier molecular flexibility index (Phi) is 6.97. The van der Waals surface area contributed by atoms with Gasteiger partial charge in [-0.05, 0) is 36.8 Å². The Bertz CT molecular complexity index is 953. The lowest BCUT2D eigenvalue weighted by Crippen LogP contribution is -2.89. The van der Waals surface area contributed by atoms with E-state index in [1.54, 1.807) is 31.2 Å². The summed E-state index contributed by atoms with van der Waals surface area (Å²) in [6, 6.07) is 16.0. The quantitative estimate of drug-likeness (QED) is 0.443. The summed E-state index contributed by atoms with van der Waals surface area (Å²) in [5.41, 5.74) is 4.69. The number of amides is 1. The summed E-state index contributed by atoms with van der Waals surface area (Å²) in [5.74, 6) is -0.269. The molecule has 0 saturated carbocycles. The predicted octanol–water partition coefficient (Wildman–Crippen LogP) is 0.207. The van der Waals surface area contributed by atoms with E-state index in [9.17, 15) is 13.2 Å². The number of nitrogens with zero attached hydrogens (tertiary/aromatic N) is 2. The van der Waals surface area contributed by atoms with Gasteiger partial charge >= 0.3 is 0 Å². The van der Waals surface area contributed by atoms with Gasteiger partial charge in [-0.3, -0.25) is 4.79 Å². The molecule has 154 valence electrons. The number of para-hydroxylation sites is 1. The number of hydrogen-bond acceptors (Lipinski definition) is 5. The summed E-state index contributed by atoms with van der Waals surface area (Å²) in [6.07, 6.45) is 0. The summed E-state index contributed by atoms with van der Waals surface area (Å²) in [5, 5.41) is 9.22. The van der Waals surface area contributed by atoms with E-state index >= 15 is 0 Å². The minimum absolute atomic E-state index is 0.102. The van der Waals surface area contributed by atoms with E-state index in [0.717, 1.165) is 24.3 Å². The molecule has 1 fully saturated rings. The Morgan fingerprint density at radius 1 is 1.07 bits per heavy atom. The van der Waals surface area contributed by atoms with Gasteiger partial charge in [0.05, 0.1) is 43.3 Å². The molecule has 4 N–H and O–H groups in total. The Morgan fingerprint density at radius 3 is 2.38 bits per heavy atom. The highest BCUT2D eigenvalue weighted by Crippen LogP contribution is 2.16. The molecule has 0 radical (unpaired) electrons. The van der Waals surface area contributed by atoms with E-state index in [4.69, 9.17) is 0 Å². The summed E-state index contributed by atoms with van der Waals surface area (Å²) < 4.78 is 26.9. The van der Waals surface area contributed by atoms with E-state index in [-0.39, 0.29) is 17.3 Å². The smallest absolute Gasteiger partial charge is 0.259 e. The number of hydrogen-bond donors (Lipinski definition) is 3. The van der Waals surface area contributed by atoms with Crippen LogP contribution in [0.5, 0.6) is 0 Å². The first-order valence-electron chi connectivity index (χ1n) is 9.51. The van der Waals surface area contributed by atoms with Gasteiger partial charge in [-0.1, -0.05) is 30.3 Å². The molecule has 0 atom stereocenters. The molecule has 1 amide bonds. The molecule has 8 nitrogen and oxygen atoms in total. The number of rotatable bonds is 7. The number of sulfonamides is 1. The first kappa shape index (κ1) is 21.0. The third-order valence-electron chi connectivity index (χ3n) is 4.65. The zero-order chi connectivity index (χ0) is 20.7. The van der Waals surface area contributed by atoms with Gasteiger partial charge in [0.15, 0.2) is 0 Å². The molecule has 0 aromatic heterocycles. The van der Waals surface area contributed by atoms with Crippen molar-refractivity contribution in [1.82, 2.24) is 9.73 Å². The van der Waals surface area contributed by atoms with Crippen LogP contribution < -0.4 is 16.1 Å². The van der Waals surface area contributed by atoms with Crippen LogP contribution in [0, 0.1) is 0 Å². The maximum Gasteiger partial charge on any atom is 0.259 e. The maximum atomic E-state index is 12.7. The molecule has 1 saturated heterocycles.